The molecule has 0 radical (unpaired) electrons. The fourth-order valence-corrected chi connectivity index (χ4v) is 4.34. The smallest absolute Gasteiger partial charge is 0.306 e. The Balaban J connectivity index is 1.53. The van der Waals surface area contributed by atoms with Crippen LogP contribution in [0.5, 0.6) is 0 Å². The number of aryl methyl sites for hydroxylation is 2. The molecule has 1 N–H and O–H groups in total. The molecule has 0 bridgehead atoms. The number of carbonyl (C=O) groups excluding carboxylic acids is 1. The molecule has 0 fully saturated rings. The molecule has 0 spiro atoms. The lowest BCUT2D eigenvalue weighted by molar-refractivity contribution is -0.143. The number of anilines is 2. The van der Waals surface area contributed by atoms with Gasteiger partial charge in [0, 0.05) is 34.7 Å². The molecule has 0 saturated heterocycles. The van der Waals surface area contributed by atoms with E-state index in [1.54, 1.807) is 0 Å². The van der Waals surface area contributed by atoms with E-state index in [-0.39, 0.29) is 11.2 Å². The summed E-state index contributed by atoms with van der Waals surface area (Å²) in [7, 11) is 0. The van der Waals surface area contributed by atoms with Gasteiger partial charge in [-0.15, -0.1) is 0 Å². The molecule has 30 heavy (non-hydrogen) atoms. The minimum Gasteiger partial charge on any atom is -0.466 e. The molecule has 2 aromatic carbocycles. The second-order valence-electron chi connectivity index (χ2n) is 7.63. The van der Waals surface area contributed by atoms with Gasteiger partial charge in [-0.05, 0) is 68.5 Å². The standard InChI is InChI=1S/C24H31ClN2O2S/c1-2-29-24(28)16-21(30)17-26-13-5-6-14-27-22-8-4-3-7-18(22)9-10-19-11-12-20(25)15-23(19)27/h3-4,7-8,11-12,15,21,26,30H,2,5-6,9-10,13-14,16-17H2,1H3/t21-/m0/s1. The van der Waals surface area contributed by atoms with E-state index in [0.29, 0.717) is 19.6 Å². The molecule has 0 saturated carbocycles. The van der Waals surface area contributed by atoms with Gasteiger partial charge in [0.25, 0.3) is 0 Å². The lowest BCUT2D eigenvalue weighted by Gasteiger charge is -2.27. The van der Waals surface area contributed by atoms with E-state index in [2.05, 4.69) is 59.2 Å². The molecule has 6 heteroatoms. The largest absolute Gasteiger partial charge is 0.466 e. The average molecular weight is 447 g/mol. The number of halogens is 1. The molecule has 0 unspecified atom stereocenters. The number of thiol groups is 1. The van der Waals surface area contributed by atoms with Crippen LogP contribution in [0.25, 0.3) is 0 Å². The summed E-state index contributed by atoms with van der Waals surface area (Å²) in [5.41, 5.74) is 5.26. The average Bonchev–Trinajstić information content (AvgIpc) is 2.87. The van der Waals surface area contributed by atoms with E-state index in [9.17, 15) is 4.79 Å². The first-order valence-electron chi connectivity index (χ1n) is 10.8. The molecule has 162 valence electrons. The third-order valence-electron chi connectivity index (χ3n) is 5.36. The number of carbonyl (C=O) groups is 1. The van der Waals surface area contributed by atoms with Gasteiger partial charge in [-0.2, -0.15) is 12.6 Å². The summed E-state index contributed by atoms with van der Waals surface area (Å²) >= 11 is 10.8. The summed E-state index contributed by atoms with van der Waals surface area (Å²) in [6.45, 7) is 4.78. The molecule has 3 rings (SSSR count). The van der Waals surface area contributed by atoms with Crippen LogP contribution in [-0.2, 0) is 22.4 Å². The molecule has 1 aliphatic heterocycles. The maximum atomic E-state index is 11.5. The van der Waals surface area contributed by atoms with Crippen LogP contribution in [-0.4, -0.2) is 37.5 Å². The molecule has 0 aliphatic carbocycles. The fourth-order valence-electron chi connectivity index (χ4n) is 3.90. The van der Waals surface area contributed by atoms with Crippen LogP contribution in [0.3, 0.4) is 0 Å². The Hall–Kier alpha value is -1.69. The Bertz CT molecular complexity index is 846. The van der Waals surface area contributed by atoms with Gasteiger partial charge >= 0.3 is 5.97 Å². The number of hydrogen-bond acceptors (Lipinski definition) is 5. The van der Waals surface area contributed by atoms with E-state index in [0.717, 1.165) is 43.8 Å². The third-order valence-corrected chi connectivity index (χ3v) is 5.96. The third kappa shape index (κ3) is 6.40. The molecule has 1 aliphatic rings. The number of unbranched alkanes of at least 4 members (excludes halogenated alkanes) is 1. The SMILES string of the molecule is CCOC(=O)C[C@H](S)CNCCCCN1c2ccccc2CCc2ccc(Cl)cc21. The van der Waals surface area contributed by atoms with Gasteiger partial charge in [0.05, 0.1) is 13.0 Å². The quantitative estimate of drug-likeness (QED) is 0.299. The van der Waals surface area contributed by atoms with Crippen molar-refractivity contribution in [2.75, 3.05) is 31.1 Å². The zero-order valence-corrected chi connectivity index (χ0v) is 19.2. The molecule has 1 heterocycles. The monoisotopic (exact) mass is 446 g/mol. The van der Waals surface area contributed by atoms with Crippen LogP contribution < -0.4 is 10.2 Å². The molecule has 0 aromatic heterocycles. The minimum atomic E-state index is -0.184. The topological polar surface area (TPSA) is 41.6 Å². The first-order chi connectivity index (χ1) is 14.6. The number of hydrogen-bond donors (Lipinski definition) is 2. The van der Waals surface area contributed by atoms with Crippen LogP contribution in [0.4, 0.5) is 11.4 Å². The van der Waals surface area contributed by atoms with Crippen LogP contribution in [0.2, 0.25) is 5.02 Å². The molecular weight excluding hydrogens is 416 g/mol. The van der Waals surface area contributed by atoms with Crippen LogP contribution in [0.15, 0.2) is 42.5 Å². The molecular formula is C24H31ClN2O2S. The van der Waals surface area contributed by atoms with Crippen molar-refractivity contribution in [3.8, 4) is 0 Å². The van der Waals surface area contributed by atoms with Crippen molar-refractivity contribution in [1.82, 2.24) is 5.32 Å². The van der Waals surface area contributed by atoms with Crippen LogP contribution in [0.1, 0.15) is 37.3 Å². The molecule has 0 amide bonds. The Labute approximate surface area is 190 Å². The lowest BCUT2D eigenvalue weighted by atomic mass is 10.0. The second kappa shape index (κ2) is 11.6. The molecule has 1 atom stereocenters. The fraction of sp³-hybridized carbons (Fsp3) is 0.458. The predicted molar refractivity (Wildman–Crippen MR) is 128 cm³/mol. The summed E-state index contributed by atoms with van der Waals surface area (Å²) < 4.78 is 4.97. The number of para-hydroxylation sites is 1. The zero-order valence-electron chi connectivity index (χ0n) is 17.6. The first-order valence-corrected chi connectivity index (χ1v) is 11.7. The number of benzene rings is 2. The van der Waals surface area contributed by atoms with Crippen molar-refractivity contribution >= 4 is 41.6 Å². The van der Waals surface area contributed by atoms with E-state index < -0.39 is 0 Å². The summed E-state index contributed by atoms with van der Waals surface area (Å²) in [6.07, 6.45) is 4.53. The summed E-state index contributed by atoms with van der Waals surface area (Å²) in [5, 5.41) is 4.17. The molecule has 2 aromatic rings. The highest BCUT2D eigenvalue weighted by Crippen LogP contribution is 2.37. The first kappa shape index (κ1) is 23.0. The second-order valence-corrected chi connectivity index (χ2v) is 8.79. The summed E-state index contributed by atoms with van der Waals surface area (Å²) in [4.78, 5) is 13.9. The number of fused-ring (bicyclic) bond motifs is 2. The van der Waals surface area contributed by atoms with Gasteiger partial charge in [0.15, 0.2) is 0 Å². The number of nitrogens with zero attached hydrogens (tertiary/aromatic N) is 1. The normalized spacial score (nSPS) is 13.9. The van der Waals surface area contributed by atoms with Crippen molar-refractivity contribution in [3.05, 3.63) is 58.6 Å². The van der Waals surface area contributed by atoms with Crippen LogP contribution >= 0.6 is 24.2 Å². The van der Waals surface area contributed by atoms with Crippen molar-refractivity contribution < 1.29 is 9.53 Å². The Morgan fingerprint density at radius 2 is 1.93 bits per heavy atom. The van der Waals surface area contributed by atoms with E-state index in [4.69, 9.17) is 16.3 Å². The van der Waals surface area contributed by atoms with Crippen LogP contribution in [0, 0.1) is 0 Å². The lowest BCUT2D eigenvalue weighted by Crippen LogP contribution is -2.27. The number of ether oxygens (including phenoxy) is 1. The van der Waals surface area contributed by atoms with E-state index >= 15 is 0 Å². The Morgan fingerprint density at radius 1 is 1.17 bits per heavy atom. The Morgan fingerprint density at radius 3 is 2.73 bits per heavy atom. The molecule has 4 nitrogen and oxygen atoms in total. The van der Waals surface area contributed by atoms with Gasteiger partial charge in [0.2, 0.25) is 0 Å². The maximum Gasteiger partial charge on any atom is 0.306 e. The number of esters is 1. The van der Waals surface area contributed by atoms with Crippen molar-refractivity contribution in [2.24, 2.45) is 0 Å². The summed E-state index contributed by atoms with van der Waals surface area (Å²) in [6, 6.07) is 14.9. The Kier molecular flexibility index (Phi) is 8.91. The van der Waals surface area contributed by atoms with Gasteiger partial charge in [-0.3, -0.25) is 4.79 Å². The number of rotatable bonds is 10. The highest BCUT2D eigenvalue weighted by molar-refractivity contribution is 7.81. The van der Waals surface area contributed by atoms with Crippen molar-refractivity contribution in [2.45, 2.75) is 44.3 Å². The van der Waals surface area contributed by atoms with Gasteiger partial charge in [-0.1, -0.05) is 35.9 Å². The minimum absolute atomic E-state index is 0.0180. The van der Waals surface area contributed by atoms with Crippen molar-refractivity contribution in [1.29, 1.82) is 0 Å². The van der Waals surface area contributed by atoms with E-state index in [1.165, 1.54) is 22.5 Å². The highest BCUT2D eigenvalue weighted by atomic mass is 35.5. The van der Waals surface area contributed by atoms with E-state index in [1.807, 2.05) is 13.0 Å². The van der Waals surface area contributed by atoms with Crippen molar-refractivity contribution in [3.63, 3.8) is 0 Å². The maximum absolute atomic E-state index is 11.5. The number of nitrogens with one attached hydrogen (secondary N) is 1. The highest BCUT2D eigenvalue weighted by Gasteiger charge is 2.20. The van der Waals surface area contributed by atoms with Gasteiger partial charge < -0.3 is 15.0 Å². The zero-order chi connectivity index (χ0) is 21.3. The van der Waals surface area contributed by atoms with Gasteiger partial charge in [-0.25, -0.2) is 0 Å². The van der Waals surface area contributed by atoms with Gasteiger partial charge in [0.1, 0.15) is 0 Å². The summed E-state index contributed by atoms with van der Waals surface area (Å²) in [5.74, 6) is -0.184. The predicted octanol–water partition coefficient (Wildman–Crippen LogP) is 5.20.